The quantitative estimate of drug-likeness (QED) is 0.339. The van der Waals surface area contributed by atoms with Crippen molar-refractivity contribution in [2.24, 2.45) is 0 Å². The number of carbonyl (C=O) groups excluding carboxylic acids is 1. The number of halogens is 1. The van der Waals surface area contributed by atoms with E-state index in [9.17, 15) is 19.8 Å². The molecule has 0 saturated heterocycles. The molecule has 4 rings (SSSR count). The molecule has 1 atom stereocenters. The van der Waals surface area contributed by atoms with Gasteiger partial charge < -0.3 is 14.6 Å². The number of hydrogen-bond acceptors (Lipinski definition) is 5. The standard InChI is InChI=1S/C24H17ClO5/c25-15-7-5-6-14(12-15)18(13-20(27)16-8-1-3-10-19(16)26)22-23(28)17-9-2-4-11-21(17)30-24(22)29/h1-12,18,26,28H,13H2. The summed E-state index contributed by atoms with van der Waals surface area (Å²) in [5.74, 6) is -1.60. The van der Waals surface area contributed by atoms with Gasteiger partial charge in [0.2, 0.25) is 0 Å². The number of rotatable bonds is 5. The van der Waals surface area contributed by atoms with E-state index in [0.717, 1.165) is 0 Å². The second-order valence-corrected chi connectivity index (χ2v) is 7.34. The van der Waals surface area contributed by atoms with E-state index in [1.54, 1.807) is 60.7 Å². The zero-order chi connectivity index (χ0) is 21.3. The lowest BCUT2D eigenvalue weighted by Gasteiger charge is -2.18. The summed E-state index contributed by atoms with van der Waals surface area (Å²) in [5, 5.41) is 21.8. The van der Waals surface area contributed by atoms with Crippen molar-refractivity contribution in [1.82, 2.24) is 0 Å². The molecule has 1 heterocycles. The minimum absolute atomic E-state index is 0.0280. The molecule has 0 bridgehead atoms. The van der Waals surface area contributed by atoms with Crippen LogP contribution in [0, 0.1) is 0 Å². The molecule has 0 spiro atoms. The Morgan fingerprint density at radius 1 is 0.967 bits per heavy atom. The first-order valence-corrected chi connectivity index (χ1v) is 9.65. The fourth-order valence-electron chi connectivity index (χ4n) is 3.57. The van der Waals surface area contributed by atoms with E-state index in [1.807, 2.05) is 0 Å². The molecule has 0 aliphatic carbocycles. The van der Waals surface area contributed by atoms with Crippen LogP contribution in [0.5, 0.6) is 11.5 Å². The summed E-state index contributed by atoms with van der Waals surface area (Å²) in [6.07, 6.45) is -0.172. The van der Waals surface area contributed by atoms with Gasteiger partial charge in [0.25, 0.3) is 0 Å². The molecule has 0 aliphatic heterocycles. The molecule has 6 heteroatoms. The molecule has 5 nitrogen and oxygen atoms in total. The maximum atomic E-state index is 13.0. The van der Waals surface area contributed by atoms with Crippen LogP contribution in [0.4, 0.5) is 0 Å². The van der Waals surface area contributed by atoms with Crippen molar-refractivity contribution in [2.75, 3.05) is 0 Å². The third-order valence-corrected chi connectivity index (χ3v) is 5.25. The molecule has 4 aromatic rings. The van der Waals surface area contributed by atoms with E-state index in [4.69, 9.17) is 16.0 Å². The Kier molecular flexibility index (Phi) is 5.29. The monoisotopic (exact) mass is 420 g/mol. The Balaban J connectivity index is 1.89. The summed E-state index contributed by atoms with van der Waals surface area (Å²) in [7, 11) is 0. The SMILES string of the molecule is O=C(CC(c1cccc(Cl)c1)c1c(O)c2ccccc2oc1=O)c1ccccc1O. The number of benzene rings is 3. The highest BCUT2D eigenvalue weighted by Gasteiger charge is 2.28. The van der Waals surface area contributed by atoms with Crippen LogP contribution in [0.25, 0.3) is 11.0 Å². The summed E-state index contributed by atoms with van der Waals surface area (Å²) in [5.41, 5.74) is 0.194. The molecular weight excluding hydrogens is 404 g/mol. The fourth-order valence-corrected chi connectivity index (χ4v) is 3.77. The lowest BCUT2D eigenvalue weighted by molar-refractivity contribution is 0.0974. The highest BCUT2D eigenvalue weighted by Crippen LogP contribution is 2.37. The van der Waals surface area contributed by atoms with Crippen LogP contribution < -0.4 is 5.63 Å². The van der Waals surface area contributed by atoms with Crippen molar-refractivity contribution >= 4 is 28.4 Å². The maximum absolute atomic E-state index is 13.0. The van der Waals surface area contributed by atoms with Crippen LogP contribution in [0.15, 0.2) is 82.0 Å². The Bertz CT molecular complexity index is 1310. The topological polar surface area (TPSA) is 87.7 Å². The van der Waals surface area contributed by atoms with Gasteiger partial charge in [-0.05, 0) is 42.0 Å². The minimum atomic E-state index is -0.823. The van der Waals surface area contributed by atoms with Gasteiger partial charge in [0.1, 0.15) is 17.1 Å². The molecule has 3 aromatic carbocycles. The molecule has 0 fully saturated rings. The van der Waals surface area contributed by atoms with Crippen LogP contribution in [0.1, 0.15) is 33.8 Å². The van der Waals surface area contributed by atoms with E-state index in [1.165, 1.54) is 12.1 Å². The van der Waals surface area contributed by atoms with Crippen molar-refractivity contribution in [3.63, 3.8) is 0 Å². The number of Topliss-reactive ketones (excluding diaryl/α,β-unsaturated/α-hetero) is 1. The fraction of sp³-hybridized carbons (Fsp3) is 0.0833. The first-order valence-electron chi connectivity index (χ1n) is 9.27. The smallest absolute Gasteiger partial charge is 0.343 e. The lowest BCUT2D eigenvalue weighted by Crippen LogP contribution is -2.17. The molecule has 0 amide bonds. The van der Waals surface area contributed by atoms with E-state index in [0.29, 0.717) is 16.0 Å². The first-order chi connectivity index (χ1) is 14.5. The van der Waals surface area contributed by atoms with E-state index in [-0.39, 0.29) is 40.4 Å². The van der Waals surface area contributed by atoms with Crippen LogP contribution in [-0.4, -0.2) is 16.0 Å². The van der Waals surface area contributed by atoms with E-state index < -0.39 is 11.5 Å². The average molecular weight is 421 g/mol. The number of ketones is 1. The van der Waals surface area contributed by atoms with Crippen LogP contribution in [0.3, 0.4) is 0 Å². The number of hydrogen-bond donors (Lipinski definition) is 2. The highest BCUT2D eigenvalue weighted by molar-refractivity contribution is 6.30. The Hall–Kier alpha value is -3.57. The molecule has 0 saturated carbocycles. The lowest BCUT2D eigenvalue weighted by atomic mass is 9.85. The maximum Gasteiger partial charge on any atom is 0.343 e. The summed E-state index contributed by atoms with van der Waals surface area (Å²) in [4.78, 5) is 25.8. The average Bonchev–Trinajstić information content (AvgIpc) is 2.73. The van der Waals surface area contributed by atoms with Gasteiger partial charge in [-0.15, -0.1) is 0 Å². The molecular formula is C24H17ClO5. The molecule has 150 valence electrons. The van der Waals surface area contributed by atoms with Crippen LogP contribution >= 0.6 is 11.6 Å². The minimum Gasteiger partial charge on any atom is -0.507 e. The van der Waals surface area contributed by atoms with Gasteiger partial charge >= 0.3 is 5.63 Å². The predicted octanol–water partition coefficient (Wildman–Crippen LogP) is 5.26. The van der Waals surface area contributed by atoms with Gasteiger partial charge in [0.05, 0.1) is 16.5 Å². The van der Waals surface area contributed by atoms with Gasteiger partial charge in [-0.3, -0.25) is 4.79 Å². The van der Waals surface area contributed by atoms with Gasteiger partial charge in [-0.25, -0.2) is 4.79 Å². The number of para-hydroxylation sites is 2. The molecule has 2 N–H and O–H groups in total. The second kappa shape index (κ2) is 8.05. The molecule has 1 unspecified atom stereocenters. The summed E-state index contributed by atoms with van der Waals surface area (Å²) >= 11 is 6.14. The number of fused-ring (bicyclic) bond motifs is 1. The van der Waals surface area contributed by atoms with Crippen molar-refractivity contribution in [3.05, 3.63) is 105 Å². The van der Waals surface area contributed by atoms with Gasteiger partial charge in [0.15, 0.2) is 5.78 Å². The largest absolute Gasteiger partial charge is 0.507 e. The first kappa shape index (κ1) is 19.7. The normalized spacial score (nSPS) is 12.0. The van der Waals surface area contributed by atoms with Crippen molar-refractivity contribution in [1.29, 1.82) is 0 Å². The van der Waals surface area contributed by atoms with Crippen LogP contribution in [-0.2, 0) is 0 Å². The highest BCUT2D eigenvalue weighted by atomic mass is 35.5. The summed E-state index contributed by atoms with van der Waals surface area (Å²) < 4.78 is 5.41. The van der Waals surface area contributed by atoms with Crippen molar-refractivity contribution in [3.8, 4) is 11.5 Å². The van der Waals surface area contributed by atoms with Crippen LogP contribution in [0.2, 0.25) is 5.02 Å². The molecule has 0 aliphatic rings. The zero-order valence-corrected chi connectivity index (χ0v) is 16.5. The van der Waals surface area contributed by atoms with Crippen molar-refractivity contribution in [2.45, 2.75) is 12.3 Å². The zero-order valence-electron chi connectivity index (χ0n) is 15.7. The number of phenols is 1. The predicted molar refractivity (Wildman–Crippen MR) is 114 cm³/mol. The molecule has 0 radical (unpaired) electrons. The Labute approximate surface area is 176 Å². The van der Waals surface area contributed by atoms with Gasteiger partial charge in [0, 0.05) is 17.4 Å². The third-order valence-electron chi connectivity index (χ3n) is 5.01. The third kappa shape index (κ3) is 3.67. The van der Waals surface area contributed by atoms with Gasteiger partial charge in [-0.2, -0.15) is 0 Å². The number of phenolic OH excluding ortho intramolecular Hbond substituents is 1. The van der Waals surface area contributed by atoms with Gasteiger partial charge in [-0.1, -0.05) is 48.0 Å². The molecule has 30 heavy (non-hydrogen) atoms. The Morgan fingerprint density at radius 2 is 1.70 bits per heavy atom. The summed E-state index contributed by atoms with van der Waals surface area (Å²) in [6.45, 7) is 0. The summed E-state index contributed by atoms with van der Waals surface area (Å²) in [6, 6.07) is 19.6. The number of aromatic hydroxyl groups is 2. The van der Waals surface area contributed by atoms with Crippen molar-refractivity contribution < 1.29 is 19.4 Å². The van der Waals surface area contributed by atoms with E-state index >= 15 is 0 Å². The Morgan fingerprint density at radius 3 is 2.47 bits per heavy atom. The second-order valence-electron chi connectivity index (χ2n) is 6.90. The number of carbonyl (C=O) groups is 1. The van der Waals surface area contributed by atoms with E-state index in [2.05, 4.69) is 0 Å². The molecule has 1 aromatic heterocycles.